The second kappa shape index (κ2) is 6.79. The van der Waals surface area contributed by atoms with Crippen molar-refractivity contribution in [2.45, 2.75) is 46.0 Å². The molecule has 138 valence electrons. The van der Waals surface area contributed by atoms with Gasteiger partial charge in [-0.2, -0.15) is 0 Å². The van der Waals surface area contributed by atoms with Gasteiger partial charge in [0.2, 0.25) is 0 Å². The maximum Gasteiger partial charge on any atom is 0.308 e. The van der Waals surface area contributed by atoms with Crippen LogP contribution in [0.4, 0.5) is 0 Å². The lowest BCUT2D eigenvalue weighted by molar-refractivity contribution is -0.131. The van der Waals surface area contributed by atoms with Gasteiger partial charge < -0.3 is 9.47 Å². The highest BCUT2D eigenvalue weighted by atomic mass is 16.5. The predicted molar refractivity (Wildman–Crippen MR) is 104 cm³/mol. The van der Waals surface area contributed by atoms with Crippen LogP contribution in [0.15, 0.2) is 48.5 Å². The summed E-state index contributed by atoms with van der Waals surface area (Å²) in [4.78, 5) is 11.2. The Bertz CT molecular complexity index is 774. The van der Waals surface area contributed by atoms with Crippen LogP contribution in [0.5, 0.6) is 11.5 Å². The number of hydrogen-bond acceptors (Lipinski definition) is 3. The second-order valence-electron chi connectivity index (χ2n) is 8.20. The lowest BCUT2D eigenvalue weighted by Gasteiger charge is -2.32. The Hall–Kier alpha value is -2.29. The third kappa shape index (κ3) is 3.35. The molecule has 2 aromatic rings. The van der Waals surface area contributed by atoms with E-state index in [-0.39, 0.29) is 16.8 Å². The van der Waals surface area contributed by atoms with Gasteiger partial charge in [-0.15, -0.1) is 0 Å². The smallest absolute Gasteiger partial charge is 0.308 e. The average Bonchev–Trinajstić information content (AvgIpc) is 2.85. The first-order valence-electron chi connectivity index (χ1n) is 9.20. The van der Waals surface area contributed by atoms with Crippen molar-refractivity contribution >= 4 is 5.97 Å². The van der Waals surface area contributed by atoms with Crippen LogP contribution in [0.1, 0.15) is 51.7 Å². The lowest BCUT2D eigenvalue weighted by atomic mass is 9.71. The van der Waals surface area contributed by atoms with Crippen LogP contribution in [0.2, 0.25) is 0 Å². The number of methoxy groups -OCH3 is 1. The SMILES string of the molecule is COc1ccc(C2(c3ccc(OC(C)=O)cc3)CC(C)C(C)(C)C2)cc1. The molecule has 2 aromatic carbocycles. The molecule has 3 rings (SSSR count). The first-order chi connectivity index (χ1) is 12.3. The van der Waals surface area contributed by atoms with E-state index in [0.717, 1.165) is 18.6 Å². The van der Waals surface area contributed by atoms with E-state index in [0.29, 0.717) is 11.7 Å². The summed E-state index contributed by atoms with van der Waals surface area (Å²) >= 11 is 0. The minimum absolute atomic E-state index is 0.0378. The first-order valence-corrected chi connectivity index (χ1v) is 9.20. The summed E-state index contributed by atoms with van der Waals surface area (Å²) in [6, 6.07) is 16.5. The molecule has 2 atom stereocenters. The highest BCUT2D eigenvalue weighted by Crippen LogP contribution is 2.57. The van der Waals surface area contributed by atoms with Gasteiger partial charge in [0.15, 0.2) is 0 Å². The normalized spacial score (nSPS) is 24.3. The molecule has 1 aliphatic carbocycles. The van der Waals surface area contributed by atoms with Crippen molar-refractivity contribution in [3.05, 3.63) is 59.7 Å². The van der Waals surface area contributed by atoms with E-state index in [9.17, 15) is 4.79 Å². The Labute approximate surface area is 156 Å². The number of benzene rings is 2. The summed E-state index contributed by atoms with van der Waals surface area (Å²) in [5, 5.41) is 0. The molecule has 1 aliphatic rings. The maximum atomic E-state index is 11.2. The molecule has 0 radical (unpaired) electrons. The lowest BCUT2D eigenvalue weighted by Crippen LogP contribution is -2.25. The summed E-state index contributed by atoms with van der Waals surface area (Å²) < 4.78 is 10.5. The zero-order chi connectivity index (χ0) is 18.9. The zero-order valence-electron chi connectivity index (χ0n) is 16.3. The summed E-state index contributed by atoms with van der Waals surface area (Å²) in [7, 11) is 1.69. The van der Waals surface area contributed by atoms with Crippen LogP contribution in [0.25, 0.3) is 0 Å². The maximum absolute atomic E-state index is 11.2. The fourth-order valence-electron chi connectivity index (χ4n) is 4.35. The van der Waals surface area contributed by atoms with Crippen molar-refractivity contribution in [1.82, 2.24) is 0 Å². The molecule has 0 bridgehead atoms. The van der Waals surface area contributed by atoms with Crippen molar-refractivity contribution < 1.29 is 14.3 Å². The summed E-state index contributed by atoms with van der Waals surface area (Å²) in [5.74, 6) is 1.78. The Kier molecular flexibility index (Phi) is 4.83. The van der Waals surface area contributed by atoms with Gasteiger partial charge in [0.25, 0.3) is 0 Å². The molecule has 1 fully saturated rings. The molecule has 3 nitrogen and oxygen atoms in total. The standard InChI is InChI=1S/C23H28O3/c1-16-14-23(15-22(16,3)4,18-6-10-20(25-5)11-7-18)19-8-12-21(13-9-19)26-17(2)24/h6-13,16H,14-15H2,1-5H3. The monoisotopic (exact) mass is 352 g/mol. The molecule has 0 N–H and O–H groups in total. The zero-order valence-corrected chi connectivity index (χ0v) is 16.3. The van der Waals surface area contributed by atoms with Crippen LogP contribution in [0, 0.1) is 11.3 Å². The highest BCUT2D eigenvalue weighted by Gasteiger charge is 2.49. The largest absolute Gasteiger partial charge is 0.497 e. The molecule has 0 aromatic heterocycles. The fourth-order valence-corrected chi connectivity index (χ4v) is 4.35. The van der Waals surface area contributed by atoms with E-state index in [4.69, 9.17) is 9.47 Å². The van der Waals surface area contributed by atoms with E-state index >= 15 is 0 Å². The van der Waals surface area contributed by atoms with E-state index in [1.807, 2.05) is 24.3 Å². The summed E-state index contributed by atoms with van der Waals surface area (Å²) in [6.07, 6.45) is 2.18. The van der Waals surface area contributed by atoms with Crippen molar-refractivity contribution in [3.8, 4) is 11.5 Å². The number of carbonyl (C=O) groups excluding carboxylic acids is 1. The van der Waals surface area contributed by atoms with Crippen LogP contribution in [-0.4, -0.2) is 13.1 Å². The van der Waals surface area contributed by atoms with E-state index in [1.54, 1.807) is 7.11 Å². The summed E-state index contributed by atoms with van der Waals surface area (Å²) in [6.45, 7) is 8.48. The van der Waals surface area contributed by atoms with Crippen LogP contribution in [-0.2, 0) is 10.2 Å². The molecule has 0 saturated heterocycles. The molecule has 0 spiro atoms. The third-order valence-corrected chi connectivity index (χ3v) is 6.06. The minimum Gasteiger partial charge on any atom is -0.497 e. The van der Waals surface area contributed by atoms with Crippen molar-refractivity contribution in [2.24, 2.45) is 11.3 Å². The Balaban J connectivity index is 2.05. The molecule has 3 heteroatoms. The van der Waals surface area contributed by atoms with E-state index in [1.165, 1.54) is 18.1 Å². The van der Waals surface area contributed by atoms with Crippen LogP contribution in [0.3, 0.4) is 0 Å². The predicted octanol–water partition coefficient (Wildman–Crippen LogP) is 5.36. The number of ether oxygens (including phenoxy) is 2. The highest BCUT2D eigenvalue weighted by molar-refractivity contribution is 5.69. The van der Waals surface area contributed by atoms with Gasteiger partial charge in [0.05, 0.1) is 7.11 Å². The molecular weight excluding hydrogens is 324 g/mol. The Morgan fingerprint density at radius 1 is 0.962 bits per heavy atom. The molecule has 1 saturated carbocycles. The molecular formula is C23H28O3. The molecule has 0 amide bonds. The molecule has 26 heavy (non-hydrogen) atoms. The van der Waals surface area contributed by atoms with Gasteiger partial charge >= 0.3 is 5.97 Å². The van der Waals surface area contributed by atoms with Gasteiger partial charge in [-0.05, 0) is 59.6 Å². The minimum atomic E-state index is -0.293. The van der Waals surface area contributed by atoms with Gasteiger partial charge in [0, 0.05) is 12.3 Å². The first kappa shape index (κ1) is 18.5. The van der Waals surface area contributed by atoms with Gasteiger partial charge in [0.1, 0.15) is 11.5 Å². The number of carbonyl (C=O) groups is 1. The second-order valence-corrected chi connectivity index (χ2v) is 8.20. The van der Waals surface area contributed by atoms with Crippen molar-refractivity contribution in [1.29, 1.82) is 0 Å². The van der Waals surface area contributed by atoms with Gasteiger partial charge in [-0.25, -0.2) is 0 Å². The average molecular weight is 352 g/mol. The molecule has 0 aliphatic heterocycles. The van der Waals surface area contributed by atoms with Gasteiger partial charge in [-0.3, -0.25) is 4.79 Å². The topological polar surface area (TPSA) is 35.5 Å². The molecule has 2 unspecified atom stereocenters. The Morgan fingerprint density at radius 2 is 1.46 bits per heavy atom. The van der Waals surface area contributed by atoms with Crippen LogP contribution < -0.4 is 9.47 Å². The quantitative estimate of drug-likeness (QED) is 0.549. The number of rotatable bonds is 4. The van der Waals surface area contributed by atoms with E-state index < -0.39 is 0 Å². The Morgan fingerprint density at radius 3 is 1.85 bits per heavy atom. The number of esters is 1. The van der Waals surface area contributed by atoms with Gasteiger partial charge in [-0.1, -0.05) is 45.0 Å². The third-order valence-electron chi connectivity index (χ3n) is 6.06. The summed E-state index contributed by atoms with van der Waals surface area (Å²) in [5.41, 5.74) is 2.81. The van der Waals surface area contributed by atoms with E-state index in [2.05, 4.69) is 45.0 Å². The molecule has 0 heterocycles. The van der Waals surface area contributed by atoms with Crippen molar-refractivity contribution in [2.75, 3.05) is 7.11 Å². The number of hydrogen-bond donors (Lipinski definition) is 0. The fraction of sp³-hybridized carbons (Fsp3) is 0.435. The van der Waals surface area contributed by atoms with Crippen molar-refractivity contribution in [3.63, 3.8) is 0 Å². The van der Waals surface area contributed by atoms with Crippen LogP contribution >= 0.6 is 0 Å².